The van der Waals surface area contributed by atoms with E-state index in [1.54, 1.807) is 6.92 Å². The van der Waals surface area contributed by atoms with Crippen LogP contribution in [0.15, 0.2) is 0 Å². The molecule has 0 radical (unpaired) electrons. The van der Waals surface area contributed by atoms with Crippen LogP contribution in [-0.4, -0.2) is 16.2 Å². The number of hydrogen-bond donors (Lipinski definition) is 0. The first-order valence-corrected chi connectivity index (χ1v) is 4.96. The highest BCUT2D eigenvalue weighted by Gasteiger charge is 2.52. The van der Waals surface area contributed by atoms with E-state index in [9.17, 15) is 4.39 Å². The molecule has 0 aromatic heterocycles. The van der Waals surface area contributed by atoms with Crippen LogP contribution in [0.1, 0.15) is 20.3 Å². The van der Waals surface area contributed by atoms with Crippen molar-refractivity contribution in [2.75, 3.05) is 0 Å². The van der Waals surface area contributed by atoms with Crippen LogP contribution >= 0.6 is 27.5 Å². The summed E-state index contributed by atoms with van der Waals surface area (Å²) in [5.74, 6) is -0.251. The van der Waals surface area contributed by atoms with E-state index in [1.165, 1.54) is 0 Å². The predicted molar refractivity (Wildman–Crippen MR) is 46.7 cm³/mol. The highest BCUT2D eigenvalue weighted by molar-refractivity contribution is 9.09. The highest BCUT2D eigenvalue weighted by atomic mass is 79.9. The van der Waals surface area contributed by atoms with Gasteiger partial charge in [0.2, 0.25) is 5.13 Å². The third-order valence-corrected chi connectivity index (χ3v) is 3.85. The van der Waals surface area contributed by atoms with Gasteiger partial charge in [0.15, 0.2) is 5.01 Å². The molecule has 4 atom stereocenters. The van der Waals surface area contributed by atoms with E-state index in [-0.39, 0.29) is 12.0 Å². The highest BCUT2D eigenvalue weighted by Crippen LogP contribution is 2.45. The molecule has 1 aliphatic heterocycles. The maximum Gasteiger partial charge on any atom is 0.224 e. The minimum absolute atomic E-state index is 0.0677. The standard InChI is InChI=1S/C7H11BrClFO/c1-3-5-4(2)7(9,10)6(8)11-5/h4-6H,3H2,1-2H3/t4-,5-,6?,7-/m1/s1. The van der Waals surface area contributed by atoms with Crippen molar-refractivity contribution in [2.24, 2.45) is 5.92 Å². The van der Waals surface area contributed by atoms with Crippen LogP contribution in [-0.2, 0) is 4.74 Å². The second kappa shape index (κ2) is 3.19. The Kier molecular flexibility index (Phi) is 2.83. The van der Waals surface area contributed by atoms with Crippen molar-refractivity contribution in [3.8, 4) is 0 Å². The fourth-order valence-electron chi connectivity index (χ4n) is 1.27. The van der Waals surface area contributed by atoms with Crippen LogP contribution in [0.25, 0.3) is 0 Å². The number of halogens is 3. The van der Waals surface area contributed by atoms with Crippen molar-refractivity contribution in [1.29, 1.82) is 0 Å². The molecule has 0 aromatic carbocycles. The zero-order valence-corrected chi connectivity index (χ0v) is 8.82. The van der Waals surface area contributed by atoms with Crippen molar-refractivity contribution in [3.63, 3.8) is 0 Å². The van der Waals surface area contributed by atoms with Gasteiger partial charge in [-0.1, -0.05) is 41.4 Å². The molecule has 0 bridgehead atoms. The Bertz CT molecular complexity index is 153. The lowest BCUT2D eigenvalue weighted by atomic mass is 10.0. The molecule has 1 rings (SSSR count). The van der Waals surface area contributed by atoms with Gasteiger partial charge in [-0.15, -0.1) is 0 Å². The lowest BCUT2D eigenvalue weighted by Crippen LogP contribution is -2.29. The zero-order chi connectivity index (χ0) is 8.65. The van der Waals surface area contributed by atoms with E-state index in [4.69, 9.17) is 16.3 Å². The van der Waals surface area contributed by atoms with Gasteiger partial charge in [0.1, 0.15) is 0 Å². The summed E-state index contributed by atoms with van der Waals surface area (Å²) in [5.41, 5.74) is 0. The van der Waals surface area contributed by atoms with Gasteiger partial charge in [-0.2, -0.15) is 0 Å². The van der Waals surface area contributed by atoms with Crippen molar-refractivity contribution in [2.45, 2.75) is 36.5 Å². The molecule has 0 aliphatic carbocycles. The fourth-order valence-corrected chi connectivity index (χ4v) is 2.15. The van der Waals surface area contributed by atoms with Crippen molar-refractivity contribution in [1.82, 2.24) is 0 Å². The van der Waals surface area contributed by atoms with Crippen molar-refractivity contribution >= 4 is 27.5 Å². The molecule has 1 aliphatic rings. The molecule has 1 nitrogen and oxygen atoms in total. The van der Waals surface area contributed by atoms with Crippen LogP contribution in [0, 0.1) is 5.92 Å². The summed E-state index contributed by atoms with van der Waals surface area (Å²) >= 11 is 8.66. The van der Waals surface area contributed by atoms with E-state index in [2.05, 4.69) is 15.9 Å². The number of ether oxygens (including phenoxy) is 1. The Hall–Kier alpha value is 0.660. The van der Waals surface area contributed by atoms with Gasteiger partial charge < -0.3 is 4.74 Å². The first-order valence-electron chi connectivity index (χ1n) is 3.67. The van der Waals surface area contributed by atoms with Crippen molar-refractivity contribution in [3.05, 3.63) is 0 Å². The molecule has 1 unspecified atom stereocenters. The Labute approximate surface area is 79.4 Å². The molecule has 0 spiro atoms. The Balaban J connectivity index is 2.71. The molecule has 0 saturated carbocycles. The quantitative estimate of drug-likeness (QED) is 0.645. The number of hydrogen-bond acceptors (Lipinski definition) is 1. The molecular weight excluding hydrogens is 234 g/mol. The van der Waals surface area contributed by atoms with Gasteiger partial charge in [0.25, 0.3) is 0 Å². The summed E-state index contributed by atoms with van der Waals surface area (Å²) in [5, 5.41) is -2.42. The molecule has 1 saturated heterocycles. The molecule has 11 heavy (non-hydrogen) atoms. The van der Waals surface area contributed by atoms with Gasteiger partial charge in [-0.25, -0.2) is 4.39 Å². The second-order valence-corrected chi connectivity index (χ2v) is 4.27. The van der Waals surface area contributed by atoms with Crippen molar-refractivity contribution < 1.29 is 9.13 Å². The first kappa shape index (κ1) is 9.75. The Morgan fingerprint density at radius 3 is 2.45 bits per heavy atom. The molecular formula is C7H11BrClFO. The summed E-state index contributed by atoms with van der Waals surface area (Å²) in [7, 11) is 0. The van der Waals surface area contributed by atoms with E-state index < -0.39 is 10.1 Å². The van der Waals surface area contributed by atoms with E-state index in [1.807, 2.05) is 6.92 Å². The first-order chi connectivity index (χ1) is 5.00. The average molecular weight is 246 g/mol. The average Bonchev–Trinajstić information content (AvgIpc) is 2.14. The van der Waals surface area contributed by atoms with E-state index in [0.29, 0.717) is 0 Å². The molecule has 1 heterocycles. The lowest BCUT2D eigenvalue weighted by molar-refractivity contribution is 0.0726. The second-order valence-electron chi connectivity index (χ2n) is 2.86. The number of rotatable bonds is 1. The largest absolute Gasteiger partial charge is 0.359 e. The summed E-state index contributed by atoms with van der Waals surface area (Å²) < 4.78 is 18.7. The molecule has 1 fully saturated rings. The smallest absolute Gasteiger partial charge is 0.224 e. The molecule has 66 valence electrons. The van der Waals surface area contributed by atoms with E-state index >= 15 is 0 Å². The van der Waals surface area contributed by atoms with Gasteiger partial charge in [-0.05, 0) is 6.42 Å². The van der Waals surface area contributed by atoms with Crippen LogP contribution in [0.5, 0.6) is 0 Å². The summed E-state index contributed by atoms with van der Waals surface area (Å²) in [4.78, 5) is 0. The minimum atomic E-state index is -1.75. The third kappa shape index (κ3) is 1.56. The molecule has 4 heteroatoms. The fraction of sp³-hybridized carbons (Fsp3) is 1.00. The summed E-state index contributed by atoms with van der Waals surface area (Å²) in [6, 6.07) is 0. The topological polar surface area (TPSA) is 9.23 Å². The number of alkyl halides is 3. The van der Waals surface area contributed by atoms with Gasteiger partial charge in [0, 0.05) is 5.92 Å². The zero-order valence-electron chi connectivity index (χ0n) is 6.48. The molecule has 0 N–H and O–H groups in total. The summed E-state index contributed by atoms with van der Waals surface area (Å²) in [6.45, 7) is 3.72. The van der Waals surface area contributed by atoms with Gasteiger partial charge in [0.05, 0.1) is 6.10 Å². The maximum atomic E-state index is 13.4. The third-order valence-electron chi connectivity index (χ3n) is 2.16. The Morgan fingerprint density at radius 1 is 1.73 bits per heavy atom. The SMILES string of the molecule is CC[C@H]1OC(Br)[C@@](F)(Cl)[C@@H]1C. The minimum Gasteiger partial charge on any atom is -0.359 e. The van der Waals surface area contributed by atoms with Gasteiger partial charge in [-0.3, -0.25) is 0 Å². The predicted octanol–water partition coefficient (Wildman–Crippen LogP) is 3.06. The maximum absolute atomic E-state index is 13.4. The van der Waals surface area contributed by atoms with Crippen LogP contribution in [0.2, 0.25) is 0 Å². The monoisotopic (exact) mass is 244 g/mol. The van der Waals surface area contributed by atoms with Crippen LogP contribution in [0.4, 0.5) is 4.39 Å². The summed E-state index contributed by atoms with van der Waals surface area (Å²) in [6.07, 6.45) is 0.726. The normalized spacial score (nSPS) is 51.5. The molecule has 0 aromatic rings. The Morgan fingerprint density at radius 2 is 2.27 bits per heavy atom. The molecule has 0 amide bonds. The van der Waals surface area contributed by atoms with Crippen LogP contribution < -0.4 is 0 Å². The van der Waals surface area contributed by atoms with Crippen LogP contribution in [0.3, 0.4) is 0 Å². The van der Waals surface area contributed by atoms with E-state index in [0.717, 1.165) is 6.42 Å². The lowest BCUT2D eigenvalue weighted by Gasteiger charge is -2.18. The van der Waals surface area contributed by atoms with Gasteiger partial charge >= 0.3 is 0 Å².